The molecule has 0 unspecified atom stereocenters. The molecule has 1 saturated heterocycles. The molecule has 0 atom stereocenters. The number of pyridine rings is 1. The topological polar surface area (TPSA) is 130 Å². The molecule has 5 heterocycles. The normalized spacial score (nSPS) is 14.5. The molecule has 0 spiro atoms. The Kier molecular flexibility index (Phi) is 5.11. The standard InChI is InChI=1S/C24H22N8O2/c25-23-19(9-15(11-28-23)16-12-30-32(13-16)17-3-6-26-7-4-17)24-31-20-2-1-18(10-21(20)34-24)33-22-5-8-27-14-29-22/h1-2,5,8-14,17,26H,3-4,6-7H2,(H2,25,28). The first kappa shape index (κ1) is 20.3. The van der Waals surface area contributed by atoms with Gasteiger partial charge in [0.1, 0.15) is 23.4 Å². The number of nitrogens with one attached hydrogen (secondary N) is 1. The zero-order valence-electron chi connectivity index (χ0n) is 18.3. The second-order valence-corrected chi connectivity index (χ2v) is 8.15. The molecule has 1 aliphatic heterocycles. The van der Waals surface area contributed by atoms with Gasteiger partial charge in [0.2, 0.25) is 11.8 Å². The van der Waals surface area contributed by atoms with Crippen molar-refractivity contribution >= 4 is 16.9 Å². The summed E-state index contributed by atoms with van der Waals surface area (Å²) in [5.74, 6) is 1.77. The molecule has 0 amide bonds. The van der Waals surface area contributed by atoms with Crippen LogP contribution < -0.4 is 15.8 Å². The van der Waals surface area contributed by atoms with Crippen LogP contribution >= 0.6 is 0 Å². The van der Waals surface area contributed by atoms with Crippen molar-refractivity contribution in [3.8, 4) is 34.2 Å². The molecule has 1 aromatic carbocycles. The van der Waals surface area contributed by atoms with Gasteiger partial charge in [-0.05, 0) is 44.1 Å². The van der Waals surface area contributed by atoms with E-state index < -0.39 is 0 Å². The van der Waals surface area contributed by atoms with Gasteiger partial charge < -0.3 is 20.2 Å². The number of nitrogen functional groups attached to an aromatic ring is 1. The van der Waals surface area contributed by atoms with Gasteiger partial charge in [0.25, 0.3) is 0 Å². The van der Waals surface area contributed by atoms with Crippen LogP contribution in [0.25, 0.3) is 33.7 Å². The zero-order chi connectivity index (χ0) is 22.9. The summed E-state index contributed by atoms with van der Waals surface area (Å²) in [5, 5.41) is 7.97. The Labute approximate surface area is 194 Å². The lowest BCUT2D eigenvalue weighted by atomic mass is 10.1. The first-order valence-electron chi connectivity index (χ1n) is 11.1. The Morgan fingerprint density at radius 3 is 2.82 bits per heavy atom. The molecule has 0 bridgehead atoms. The van der Waals surface area contributed by atoms with Gasteiger partial charge >= 0.3 is 0 Å². The van der Waals surface area contributed by atoms with Crippen LogP contribution in [0, 0.1) is 0 Å². The quantitative estimate of drug-likeness (QED) is 0.407. The lowest BCUT2D eigenvalue weighted by molar-refractivity contribution is 0.343. The minimum atomic E-state index is 0.346. The highest BCUT2D eigenvalue weighted by atomic mass is 16.5. The molecule has 0 aliphatic carbocycles. The maximum absolute atomic E-state index is 6.20. The third-order valence-corrected chi connectivity index (χ3v) is 5.90. The molecule has 0 saturated carbocycles. The molecule has 5 aromatic rings. The van der Waals surface area contributed by atoms with Crippen molar-refractivity contribution in [2.24, 2.45) is 0 Å². The van der Waals surface area contributed by atoms with Crippen LogP contribution in [-0.4, -0.2) is 42.8 Å². The van der Waals surface area contributed by atoms with E-state index in [1.54, 1.807) is 24.5 Å². The van der Waals surface area contributed by atoms with E-state index in [4.69, 9.17) is 14.9 Å². The molecule has 10 heteroatoms. The number of fused-ring (bicyclic) bond motifs is 1. The van der Waals surface area contributed by atoms with Gasteiger partial charge in [-0.3, -0.25) is 4.68 Å². The smallest absolute Gasteiger partial charge is 0.231 e. The Bertz CT molecular complexity index is 1440. The average Bonchev–Trinajstić information content (AvgIpc) is 3.53. The van der Waals surface area contributed by atoms with E-state index in [9.17, 15) is 0 Å². The fraction of sp³-hybridized carbons (Fsp3) is 0.208. The summed E-state index contributed by atoms with van der Waals surface area (Å²) in [5.41, 5.74) is 9.97. The van der Waals surface area contributed by atoms with Crippen LogP contribution in [-0.2, 0) is 0 Å². The van der Waals surface area contributed by atoms with Crippen molar-refractivity contribution < 1.29 is 9.15 Å². The van der Waals surface area contributed by atoms with Crippen molar-refractivity contribution in [1.29, 1.82) is 0 Å². The van der Waals surface area contributed by atoms with Gasteiger partial charge in [0.05, 0.1) is 17.8 Å². The molecule has 4 aromatic heterocycles. The number of anilines is 1. The van der Waals surface area contributed by atoms with Crippen molar-refractivity contribution in [3.63, 3.8) is 0 Å². The third kappa shape index (κ3) is 3.95. The Hall–Kier alpha value is -4.31. The van der Waals surface area contributed by atoms with E-state index in [1.165, 1.54) is 6.33 Å². The number of oxazole rings is 1. The van der Waals surface area contributed by atoms with Crippen LogP contribution in [0.3, 0.4) is 0 Å². The second kappa shape index (κ2) is 8.56. The molecular weight excluding hydrogens is 432 g/mol. The minimum absolute atomic E-state index is 0.346. The SMILES string of the molecule is Nc1ncc(-c2cnn(C3CCNCC3)c2)cc1-c1nc2ccc(Oc3ccncn3)cc2o1. The molecule has 6 rings (SSSR count). The van der Waals surface area contributed by atoms with Crippen molar-refractivity contribution in [2.75, 3.05) is 18.8 Å². The number of nitrogens with two attached hydrogens (primary N) is 1. The molecule has 0 radical (unpaired) electrons. The summed E-state index contributed by atoms with van der Waals surface area (Å²) < 4.78 is 13.8. The van der Waals surface area contributed by atoms with Crippen LogP contribution in [0.2, 0.25) is 0 Å². The maximum atomic E-state index is 6.20. The lowest BCUT2D eigenvalue weighted by Gasteiger charge is -2.22. The summed E-state index contributed by atoms with van der Waals surface area (Å²) in [6.45, 7) is 2.02. The van der Waals surface area contributed by atoms with Crippen LogP contribution in [0.5, 0.6) is 11.6 Å². The highest BCUT2D eigenvalue weighted by molar-refractivity contribution is 5.81. The van der Waals surface area contributed by atoms with E-state index in [-0.39, 0.29) is 0 Å². The first-order valence-corrected chi connectivity index (χ1v) is 11.1. The number of ether oxygens (including phenoxy) is 1. The van der Waals surface area contributed by atoms with Gasteiger partial charge in [-0.1, -0.05) is 0 Å². The zero-order valence-corrected chi connectivity index (χ0v) is 18.3. The van der Waals surface area contributed by atoms with Gasteiger partial charge in [0, 0.05) is 41.9 Å². The van der Waals surface area contributed by atoms with Crippen molar-refractivity contribution in [3.05, 3.63) is 61.4 Å². The van der Waals surface area contributed by atoms with Crippen molar-refractivity contribution in [1.82, 2.24) is 35.0 Å². The number of aromatic nitrogens is 6. The number of hydrogen-bond donors (Lipinski definition) is 2. The highest BCUT2D eigenvalue weighted by Gasteiger charge is 2.18. The molecule has 10 nitrogen and oxygen atoms in total. The van der Waals surface area contributed by atoms with E-state index >= 15 is 0 Å². The second-order valence-electron chi connectivity index (χ2n) is 8.15. The van der Waals surface area contributed by atoms with Crippen LogP contribution in [0.15, 0.2) is 65.9 Å². The average molecular weight is 454 g/mol. The fourth-order valence-electron chi connectivity index (χ4n) is 4.11. The molecule has 34 heavy (non-hydrogen) atoms. The number of piperidine rings is 1. The molecular formula is C24H22N8O2. The van der Waals surface area contributed by atoms with E-state index in [0.717, 1.165) is 37.1 Å². The Morgan fingerprint density at radius 1 is 1.06 bits per heavy atom. The summed E-state index contributed by atoms with van der Waals surface area (Å²) in [7, 11) is 0. The minimum Gasteiger partial charge on any atom is -0.439 e. The number of hydrogen-bond acceptors (Lipinski definition) is 9. The Morgan fingerprint density at radius 2 is 1.97 bits per heavy atom. The predicted molar refractivity (Wildman–Crippen MR) is 126 cm³/mol. The third-order valence-electron chi connectivity index (χ3n) is 5.90. The molecule has 170 valence electrons. The monoisotopic (exact) mass is 454 g/mol. The van der Waals surface area contributed by atoms with E-state index in [2.05, 4.69) is 36.5 Å². The summed E-state index contributed by atoms with van der Waals surface area (Å²) >= 11 is 0. The molecule has 1 aliphatic rings. The van der Waals surface area contributed by atoms with E-state index in [1.807, 2.05) is 29.1 Å². The number of rotatable bonds is 5. The fourth-order valence-corrected chi connectivity index (χ4v) is 4.11. The first-order chi connectivity index (χ1) is 16.7. The van der Waals surface area contributed by atoms with Crippen molar-refractivity contribution in [2.45, 2.75) is 18.9 Å². The number of nitrogens with zero attached hydrogens (tertiary/aromatic N) is 6. The number of benzene rings is 1. The van der Waals surface area contributed by atoms with Gasteiger partial charge in [-0.2, -0.15) is 5.10 Å². The van der Waals surface area contributed by atoms with Gasteiger partial charge in [-0.15, -0.1) is 0 Å². The summed E-state index contributed by atoms with van der Waals surface area (Å²) in [6.07, 6.45) is 10.9. The summed E-state index contributed by atoms with van der Waals surface area (Å²) in [6, 6.07) is 9.44. The molecule has 1 fully saturated rings. The van der Waals surface area contributed by atoms with E-state index in [0.29, 0.717) is 46.0 Å². The van der Waals surface area contributed by atoms with Gasteiger partial charge in [-0.25, -0.2) is 19.9 Å². The highest BCUT2D eigenvalue weighted by Crippen LogP contribution is 2.33. The summed E-state index contributed by atoms with van der Waals surface area (Å²) in [4.78, 5) is 17.0. The predicted octanol–water partition coefficient (Wildman–Crippen LogP) is 3.84. The van der Waals surface area contributed by atoms with Crippen LogP contribution in [0.4, 0.5) is 5.82 Å². The Balaban J connectivity index is 1.30. The largest absolute Gasteiger partial charge is 0.439 e. The molecule has 3 N–H and O–H groups in total. The van der Waals surface area contributed by atoms with Gasteiger partial charge in [0.15, 0.2) is 5.58 Å². The maximum Gasteiger partial charge on any atom is 0.231 e. The van der Waals surface area contributed by atoms with Crippen LogP contribution in [0.1, 0.15) is 18.9 Å². The lowest BCUT2D eigenvalue weighted by Crippen LogP contribution is -2.29.